The Morgan fingerprint density at radius 2 is 2.03 bits per heavy atom. The quantitative estimate of drug-likeness (QED) is 0.523. The molecule has 0 aliphatic carbocycles. The summed E-state index contributed by atoms with van der Waals surface area (Å²) in [6.07, 6.45) is 1.30. The first-order valence-electron chi connectivity index (χ1n) is 10.7. The number of amides is 2. The molecular weight excluding hydrogens is 440 g/mol. The zero-order chi connectivity index (χ0) is 24.1. The van der Waals surface area contributed by atoms with Crippen molar-refractivity contribution >= 4 is 17.6 Å². The molecule has 2 aromatic carbocycles. The fraction of sp³-hybridized carbons (Fsp3) is 0.292. The van der Waals surface area contributed by atoms with E-state index in [2.05, 4.69) is 15.5 Å². The molecule has 0 spiro atoms. The molecule has 0 radical (unpaired) electrons. The van der Waals surface area contributed by atoms with Crippen LogP contribution in [0.5, 0.6) is 23.0 Å². The normalized spacial score (nSPS) is 14.0. The largest absolute Gasteiger partial charge is 0.491 e. The lowest BCUT2D eigenvalue weighted by Gasteiger charge is -2.16. The number of aromatic amines is 1. The molecule has 0 saturated heterocycles. The average molecular weight is 466 g/mol. The second-order valence-corrected chi connectivity index (χ2v) is 7.84. The Kier molecular flexibility index (Phi) is 6.98. The number of carbonyl (C=O) groups is 2. The third kappa shape index (κ3) is 5.46. The van der Waals surface area contributed by atoms with Crippen LogP contribution >= 0.6 is 0 Å². The van der Waals surface area contributed by atoms with Gasteiger partial charge in [0.25, 0.3) is 11.8 Å². The van der Waals surface area contributed by atoms with Crippen molar-refractivity contribution < 1.29 is 28.5 Å². The number of likely N-dealkylation sites (N-methyl/N-ethyl adjacent to an activating group) is 1. The van der Waals surface area contributed by atoms with Crippen molar-refractivity contribution in [3.05, 3.63) is 59.8 Å². The van der Waals surface area contributed by atoms with Gasteiger partial charge in [0.05, 0.1) is 24.9 Å². The first kappa shape index (κ1) is 23.1. The monoisotopic (exact) mass is 466 g/mol. The molecule has 2 amide bonds. The van der Waals surface area contributed by atoms with Gasteiger partial charge >= 0.3 is 0 Å². The van der Waals surface area contributed by atoms with Gasteiger partial charge in [-0.3, -0.25) is 14.7 Å². The van der Waals surface area contributed by atoms with E-state index >= 15 is 0 Å². The van der Waals surface area contributed by atoms with E-state index in [1.807, 2.05) is 6.92 Å². The molecule has 2 heterocycles. The van der Waals surface area contributed by atoms with Crippen molar-refractivity contribution in [3.63, 3.8) is 0 Å². The van der Waals surface area contributed by atoms with Crippen LogP contribution in [0, 0.1) is 0 Å². The minimum absolute atomic E-state index is 0.112. The fourth-order valence-corrected chi connectivity index (χ4v) is 3.45. The molecule has 4 rings (SSSR count). The number of H-pyrrole nitrogens is 1. The van der Waals surface area contributed by atoms with Gasteiger partial charge in [-0.1, -0.05) is 0 Å². The van der Waals surface area contributed by atoms with Crippen molar-refractivity contribution in [2.75, 3.05) is 39.2 Å². The van der Waals surface area contributed by atoms with Gasteiger partial charge in [0, 0.05) is 37.9 Å². The van der Waals surface area contributed by atoms with Gasteiger partial charge < -0.3 is 29.2 Å². The van der Waals surface area contributed by atoms with Crippen LogP contribution in [0.1, 0.15) is 27.6 Å². The highest BCUT2D eigenvalue weighted by molar-refractivity contribution is 6.04. The van der Waals surface area contributed by atoms with E-state index in [1.54, 1.807) is 67.7 Å². The molecule has 0 bridgehead atoms. The van der Waals surface area contributed by atoms with E-state index in [-0.39, 0.29) is 17.9 Å². The lowest BCUT2D eigenvalue weighted by Crippen LogP contribution is -2.27. The zero-order valence-electron chi connectivity index (χ0n) is 19.2. The van der Waals surface area contributed by atoms with Gasteiger partial charge in [-0.05, 0) is 31.2 Å². The maximum atomic E-state index is 12.8. The molecule has 0 saturated carbocycles. The van der Waals surface area contributed by atoms with Crippen LogP contribution in [0.2, 0.25) is 0 Å². The van der Waals surface area contributed by atoms with E-state index in [0.29, 0.717) is 59.7 Å². The molecule has 178 valence electrons. The molecule has 34 heavy (non-hydrogen) atoms. The molecule has 1 aliphatic heterocycles. The summed E-state index contributed by atoms with van der Waals surface area (Å²) >= 11 is 0. The summed E-state index contributed by atoms with van der Waals surface area (Å²) in [5, 5.41) is 9.26. The summed E-state index contributed by atoms with van der Waals surface area (Å²) in [6.45, 7) is 3.12. The van der Waals surface area contributed by atoms with Crippen LogP contribution in [0.15, 0.2) is 48.7 Å². The van der Waals surface area contributed by atoms with Crippen molar-refractivity contribution in [2.24, 2.45) is 0 Å². The lowest BCUT2D eigenvalue weighted by molar-refractivity contribution is 0.0796. The van der Waals surface area contributed by atoms with E-state index in [0.717, 1.165) is 0 Å². The highest BCUT2D eigenvalue weighted by atomic mass is 16.5. The van der Waals surface area contributed by atoms with E-state index in [1.165, 1.54) is 0 Å². The van der Waals surface area contributed by atoms with Crippen LogP contribution in [0.4, 0.5) is 5.82 Å². The van der Waals surface area contributed by atoms with Crippen molar-refractivity contribution in [2.45, 2.75) is 13.0 Å². The number of methoxy groups -OCH3 is 1. The summed E-state index contributed by atoms with van der Waals surface area (Å²) in [5.41, 5.74) is 0.798. The number of aromatic nitrogens is 2. The summed E-state index contributed by atoms with van der Waals surface area (Å²) in [6, 6.07) is 11.6. The van der Waals surface area contributed by atoms with Crippen molar-refractivity contribution in [3.8, 4) is 23.0 Å². The fourth-order valence-electron chi connectivity index (χ4n) is 3.45. The first-order valence-corrected chi connectivity index (χ1v) is 10.7. The maximum Gasteiger partial charge on any atom is 0.257 e. The summed E-state index contributed by atoms with van der Waals surface area (Å²) in [4.78, 5) is 26.9. The summed E-state index contributed by atoms with van der Waals surface area (Å²) < 4.78 is 22.8. The van der Waals surface area contributed by atoms with Gasteiger partial charge in [-0.2, -0.15) is 5.10 Å². The number of anilines is 1. The van der Waals surface area contributed by atoms with E-state index in [9.17, 15) is 9.59 Å². The molecule has 1 aromatic heterocycles. The number of nitrogens with one attached hydrogen (secondary N) is 2. The molecule has 10 nitrogen and oxygen atoms in total. The second-order valence-electron chi connectivity index (χ2n) is 7.84. The second kappa shape index (κ2) is 10.3. The predicted octanol–water partition coefficient (Wildman–Crippen LogP) is 3.33. The number of benzene rings is 2. The Labute approximate surface area is 196 Å². The van der Waals surface area contributed by atoms with Crippen molar-refractivity contribution in [1.82, 2.24) is 15.1 Å². The average Bonchev–Trinajstić information content (AvgIpc) is 3.27. The van der Waals surface area contributed by atoms with Crippen molar-refractivity contribution in [1.29, 1.82) is 0 Å². The Hall–Kier alpha value is -4.05. The molecule has 1 aliphatic rings. The van der Waals surface area contributed by atoms with Gasteiger partial charge in [-0.25, -0.2) is 0 Å². The van der Waals surface area contributed by atoms with Gasteiger partial charge in [0.1, 0.15) is 41.5 Å². The molecule has 1 atom stereocenters. The van der Waals surface area contributed by atoms with Gasteiger partial charge in [0.15, 0.2) is 0 Å². The van der Waals surface area contributed by atoms with Crippen LogP contribution in [-0.4, -0.2) is 66.9 Å². The Balaban J connectivity index is 1.61. The third-order valence-corrected chi connectivity index (χ3v) is 5.08. The highest BCUT2D eigenvalue weighted by Gasteiger charge is 2.21. The Bertz CT molecular complexity index is 1160. The highest BCUT2D eigenvalue weighted by Crippen LogP contribution is 2.33. The number of hydrogen-bond acceptors (Lipinski definition) is 7. The zero-order valence-corrected chi connectivity index (χ0v) is 19.2. The summed E-state index contributed by atoms with van der Waals surface area (Å²) in [5.74, 6) is 1.72. The molecule has 2 N–H and O–H groups in total. The van der Waals surface area contributed by atoms with E-state index < -0.39 is 0 Å². The number of carbonyl (C=O) groups excluding carboxylic acids is 2. The Morgan fingerprint density at radius 1 is 1.21 bits per heavy atom. The standard InChI is InChI=1S/C24H26N4O6/c1-15(14-31-3)33-18-10-16(23(29)26-22-6-7-25-27-22)11-19(12-18)34-17-4-5-20-21(13-17)32-9-8-28(2)24(20)30/h4-7,10-13,15H,8-9,14H2,1-3H3,(H2,25,26,27,29). The Morgan fingerprint density at radius 3 is 2.79 bits per heavy atom. The molecule has 0 fully saturated rings. The number of rotatable bonds is 8. The lowest BCUT2D eigenvalue weighted by atomic mass is 10.1. The van der Waals surface area contributed by atoms with E-state index in [4.69, 9.17) is 18.9 Å². The minimum atomic E-state index is -0.363. The van der Waals surface area contributed by atoms with Crippen LogP contribution < -0.4 is 19.5 Å². The number of fused-ring (bicyclic) bond motifs is 1. The van der Waals surface area contributed by atoms with Crippen LogP contribution in [-0.2, 0) is 4.74 Å². The van der Waals surface area contributed by atoms with Gasteiger partial charge in [0.2, 0.25) is 0 Å². The minimum Gasteiger partial charge on any atom is -0.491 e. The number of ether oxygens (including phenoxy) is 4. The van der Waals surface area contributed by atoms with Crippen LogP contribution in [0.25, 0.3) is 0 Å². The SMILES string of the molecule is COCC(C)Oc1cc(Oc2ccc3c(c2)OCCN(C)C3=O)cc(C(=O)Nc2ccn[nH]2)c1. The van der Waals surface area contributed by atoms with Gasteiger partial charge in [-0.15, -0.1) is 0 Å². The topological polar surface area (TPSA) is 115 Å². The summed E-state index contributed by atoms with van der Waals surface area (Å²) in [7, 11) is 3.32. The predicted molar refractivity (Wildman–Crippen MR) is 124 cm³/mol. The number of hydrogen-bond donors (Lipinski definition) is 2. The van der Waals surface area contributed by atoms with Crippen LogP contribution in [0.3, 0.4) is 0 Å². The smallest absolute Gasteiger partial charge is 0.257 e. The maximum absolute atomic E-state index is 12.8. The molecule has 10 heteroatoms. The molecular formula is C24H26N4O6. The third-order valence-electron chi connectivity index (χ3n) is 5.08. The molecule has 3 aromatic rings. The first-order chi connectivity index (χ1) is 16.4. The molecule has 1 unspecified atom stereocenters. The number of nitrogens with zero attached hydrogens (tertiary/aromatic N) is 2.